The Morgan fingerprint density at radius 2 is 1.82 bits per heavy atom. The van der Waals surface area contributed by atoms with E-state index in [1.807, 2.05) is 30.3 Å². The topological polar surface area (TPSA) is 62.0 Å². The number of hydrogen-bond acceptors (Lipinski definition) is 2. The highest BCUT2D eigenvalue weighted by Gasteiger charge is 2.20. The third-order valence-electron chi connectivity index (χ3n) is 3.48. The number of fused-ring (bicyclic) bond motifs is 1. The Kier molecular flexibility index (Phi) is 3.72. The van der Waals surface area contributed by atoms with Crippen LogP contribution in [0.4, 0.5) is 4.39 Å². The van der Waals surface area contributed by atoms with Gasteiger partial charge in [0, 0.05) is 16.9 Å². The highest BCUT2D eigenvalue weighted by Crippen LogP contribution is 2.21. The van der Waals surface area contributed by atoms with Gasteiger partial charge in [-0.2, -0.15) is 0 Å². The van der Waals surface area contributed by atoms with Crippen LogP contribution in [0.3, 0.4) is 0 Å². The molecule has 2 N–H and O–H groups in total. The molecule has 0 spiro atoms. The van der Waals surface area contributed by atoms with Crippen molar-refractivity contribution < 1.29 is 12.8 Å². The van der Waals surface area contributed by atoms with Gasteiger partial charge < -0.3 is 4.98 Å². The zero-order valence-corrected chi connectivity index (χ0v) is 12.7. The number of nitrogens with one attached hydrogen (secondary N) is 2. The molecule has 6 heteroatoms. The van der Waals surface area contributed by atoms with Crippen LogP contribution in [0.1, 0.15) is 18.5 Å². The second kappa shape index (κ2) is 5.55. The molecule has 3 rings (SSSR count). The molecule has 0 fully saturated rings. The van der Waals surface area contributed by atoms with Crippen molar-refractivity contribution in [1.82, 2.24) is 9.71 Å². The lowest BCUT2D eigenvalue weighted by Gasteiger charge is -2.13. The number of aromatic amines is 1. The van der Waals surface area contributed by atoms with Crippen molar-refractivity contribution in [2.24, 2.45) is 0 Å². The van der Waals surface area contributed by atoms with Crippen LogP contribution in [-0.4, -0.2) is 13.4 Å². The maximum atomic E-state index is 13.2. The average Bonchev–Trinajstić information content (AvgIpc) is 2.91. The fourth-order valence-corrected chi connectivity index (χ4v) is 3.58. The number of hydrogen-bond donors (Lipinski definition) is 2. The lowest BCUT2D eigenvalue weighted by molar-refractivity contribution is 0.564. The summed E-state index contributed by atoms with van der Waals surface area (Å²) in [6, 6.07) is 14.5. The third-order valence-corrected chi connectivity index (χ3v) is 4.94. The fraction of sp³-hybridized carbons (Fsp3) is 0.125. The summed E-state index contributed by atoms with van der Waals surface area (Å²) < 4.78 is 40.7. The molecule has 1 aromatic heterocycles. The SMILES string of the molecule is CC(NS(=O)(=O)c1cc2cc(F)ccc2[nH]1)c1ccccc1. The van der Waals surface area contributed by atoms with E-state index >= 15 is 0 Å². The number of benzene rings is 2. The van der Waals surface area contributed by atoms with Gasteiger partial charge in [-0.1, -0.05) is 30.3 Å². The molecule has 0 aliphatic heterocycles. The molecule has 0 amide bonds. The van der Waals surface area contributed by atoms with Crippen LogP contribution < -0.4 is 4.72 Å². The van der Waals surface area contributed by atoms with Gasteiger partial charge in [-0.25, -0.2) is 17.5 Å². The quantitative estimate of drug-likeness (QED) is 0.775. The molecular formula is C16H15FN2O2S. The lowest BCUT2D eigenvalue weighted by Crippen LogP contribution is -2.27. The van der Waals surface area contributed by atoms with Crippen LogP contribution in [0.15, 0.2) is 59.6 Å². The smallest absolute Gasteiger partial charge is 0.256 e. The summed E-state index contributed by atoms with van der Waals surface area (Å²) in [5.41, 5.74) is 1.45. The molecule has 0 saturated carbocycles. The van der Waals surface area contributed by atoms with Gasteiger partial charge in [-0.15, -0.1) is 0 Å². The molecule has 1 atom stereocenters. The Morgan fingerprint density at radius 3 is 2.55 bits per heavy atom. The van der Waals surface area contributed by atoms with Crippen molar-refractivity contribution in [3.8, 4) is 0 Å². The maximum absolute atomic E-state index is 13.2. The monoisotopic (exact) mass is 318 g/mol. The van der Waals surface area contributed by atoms with Crippen molar-refractivity contribution in [3.63, 3.8) is 0 Å². The molecule has 0 aliphatic rings. The molecule has 0 aliphatic carbocycles. The second-order valence-electron chi connectivity index (χ2n) is 5.12. The average molecular weight is 318 g/mol. The number of rotatable bonds is 4. The highest BCUT2D eigenvalue weighted by atomic mass is 32.2. The van der Waals surface area contributed by atoms with E-state index in [1.165, 1.54) is 24.3 Å². The van der Waals surface area contributed by atoms with E-state index in [0.29, 0.717) is 10.9 Å². The predicted octanol–water partition coefficient (Wildman–Crippen LogP) is 3.35. The number of H-pyrrole nitrogens is 1. The van der Waals surface area contributed by atoms with E-state index in [-0.39, 0.29) is 11.1 Å². The van der Waals surface area contributed by atoms with Crippen LogP contribution in [-0.2, 0) is 10.0 Å². The summed E-state index contributed by atoms with van der Waals surface area (Å²) >= 11 is 0. The van der Waals surface area contributed by atoms with E-state index in [0.717, 1.165) is 5.56 Å². The van der Waals surface area contributed by atoms with E-state index < -0.39 is 15.8 Å². The van der Waals surface area contributed by atoms with Crippen molar-refractivity contribution >= 4 is 20.9 Å². The Bertz CT molecular complexity index is 904. The van der Waals surface area contributed by atoms with Crippen molar-refractivity contribution in [3.05, 3.63) is 66.0 Å². The van der Waals surface area contributed by atoms with E-state index in [9.17, 15) is 12.8 Å². The van der Waals surface area contributed by atoms with Crippen molar-refractivity contribution in [2.45, 2.75) is 18.0 Å². The van der Waals surface area contributed by atoms with E-state index in [1.54, 1.807) is 6.92 Å². The molecule has 0 radical (unpaired) electrons. The molecule has 2 aromatic carbocycles. The van der Waals surface area contributed by atoms with Crippen molar-refractivity contribution in [2.75, 3.05) is 0 Å². The summed E-state index contributed by atoms with van der Waals surface area (Å²) in [6.45, 7) is 1.77. The van der Waals surface area contributed by atoms with Gasteiger partial charge in [0.2, 0.25) is 0 Å². The van der Waals surface area contributed by atoms with Gasteiger partial charge in [0.1, 0.15) is 10.8 Å². The van der Waals surface area contributed by atoms with Crippen LogP contribution in [0.25, 0.3) is 10.9 Å². The summed E-state index contributed by atoms with van der Waals surface area (Å²) in [4.78, 5) is 2.80. The van der Waals surface area contributed by atoms with Crippen LogP contribution >= 0.6 is 0 Å². The highest BCUT2D eigenvalue weighted by molar-refractivity contribution is 7.89. The first-order valence-corrected chi connectivity index (χ1v) is 8.29. The zero-order chi connectivity index (χ0) is 15.7. The number of halogens is 1. The zero-order valence-electron chi connectivity index (χ0n) is 11.9. The van der Waals surface area contributed by atoms with Gasteiger partial charge >= 0.3 is 0 Å². The second-order valence-corrected chi connectivity index (χ2v) is 6.80. The summed E-state index contributed by atoms with van der Waals surface area (Å²) in [6.07, 6.45) is 0. The Hall–Kier alpha value is -2.18. The molecular weight excluding hydrogens is 303 g/mol. The molecule has 22 heavy (non-hydrogen) atoms. The van der Waals surface area contributed by atoms with Crippen LogP contribution in [0.2, 0.25) is 0 Å². The molecule has 1 unspecified atom stereocenters. The molecule has 1 heterocycles. The Balaban J connectivity index is 1.91. The minimum atomic E-state index is -3.71. The van der Waals surface area contributed by atoms with Crippen molar-refractivity contribution in [1.29, 1.82) is 0 Å². The maximum Gasteiger partial charge on any atom is 0.256 e. The van der Waals surface area contributed by atoms with Crippen LogP contribution in [0, 0.1) is 5.82 Å². The fourth-order valence-electron chi connectivity index (χ4n) is 2.33. The summed E-state index contributed by atoms with van der Waals surface area (Å²) in [7, 11) is -3.71. The normalized spacial score (nSPS) is 13.4. The van der Waals surface area contributed by atoms with Gasteiger partial charge in [0.25, 0.3) is 10.0 Å². The number of sulfonamides is 1. The summed E-state index contributed by atoms with van der Waals surface area (Å²) in [5, 5.41) is 0.545. The third kappa shape index (κ3) is 2.88. The molecule has 3 aromatic rings. The molecule has 114 valence electrons. The van der Waals surface area contributed by atoms with Gasteiger partial charge in [0.15, 0.2) is 0 Å². The van der Waals surface area contributed by atoms with Gasteiger partial charge in [-0.05, 0) is 36.8 Å². The molecule has 0 saturated heterocycles. The predicted molar refractivity (Wildman–Crippen MR) is 83.4 cm³/mol. The molecule has 4 nitrogen and oxygen atoms in total. The van der Waals surface area contributed by atoms with Gasteiger partial charge in [-0.3, -0.25) is 0 Å². The van der Waals surface area contributed by atoms with Gasteiger partial charge in [0.05, 0.1) is 0 Å². The minimum absolute atomic E-state index is 0.0240. The standard InChI is InChI=1S/C16H15FN2O2S/c1-11(12-5-3-2-4-6-12)19-22(20,21)16-10-13-9-14(17)7-8-15(13)18-16/h2-11,18-19H,1H3. The lowest BCUT2D eigenvalue weighted by atomic mass is 10.1. The van der Waals surface area contributed by atoms with E-state index in [2.05, 4.69) is 9.71 Å². The molecule has 0 bridgehead atoms. The first-order valence-electron chi connectivity index (χ1n) is 6.81. The van der Waals surface area contributed by atoms with Crippen LogP contribution in [0.5, 0.6) is 0 Å². The largest absolute Gasteiger partial charge is 0.345 e. The summed E-state index contributed by atoms with van der Waals surface area (Å²) in [5.74, 6) is -0.402. The first-order chi connectivity index (χ1) is 10.5. The first kappa shape index (κ1) is 14.7. The Morgan fingerprint density at radius 1 is 1.09 bits per heavy atom. The van der Waals surface area contributed by atoms with E-state index in [4.69, 9.17) is 0 Å². The minimum Gasteiger partial charge on any atom is -0.345 e. The Labute approximate surface area is 128 Å². The number of aromatic nitrogens is 1.